The Labute approximate surface area is 137 Å². The highest BCUT2D eigenvalue weighted by molar-refractivity contribution is 5.79. The normalized spacial score (nSPS) is 20.2. The van der Waals surface area contributed by atoms with E-state index in [0.717, 1.165) is 45.6 Å². The summed E-state index contributed by atoms with van der Waals surface area (Å²) in [5.41, 5.74) is 1.88. The fourth-order valence-electron chi connectivity index (χ4n) is 3.38. The van der Waals surface area contributed by atoms with Gasteiger partial charge in [-0.2, -0.15) is 5.26 Å². The average Bonchev–Trinajstić information content (AvgIpc) is 2.63. The van der Waals surface area contributed by atoms with Gasteiger partial charge in [0.2, 0.25) is 5.91 Å². The van der Waals surface area contributed by atoms with Crippen molar-refractivity contribution in [3.63, 3.8) is 0 Å². The molecule has 0 saturated carbocycles. The minimum atomic E-state index is 0.162. The molecule has 0 radical (unpaired) electrons. The van der Waals surface area contributed by atoms with Crippen molar-refractivity contribution in [1.29, 1.82) is 5.26 Å². The van der Waals surface area contributed by atoms with E-state index in [1.165, 1.54) is 5.56 Å². The lowest BCUT2D eigenvalue weighted by Gasteiger charge is -2.35. The number of nitriles is 1. The third-order valence-corrected chi connectivity index (χ3v) is 4.72. The van der Waals surface area contributed by atoms with Crippen LogP contribution >= 0.6 is 0 Å². The first-order valence-corrected chi connectivity index (χ1v) is 8.34. The van der Waals surface area contributed by atoms with E-state index in [1.54, 1.807) is 0 Å². The second kappa shape index (κ2) is 7.58. The van der Waals surface area contributed by atoms with Gasteiger partial charge in [0.1, 0.15) is 0 Å². The minimum absolute atomic E-state index is 0.162. The Hall–Kier alpha value is -1.90. The standard InChI is InChI=1S/C18H23N3O2/c19-13-15-2-1-3-16(12-15)14-20-6-4-17(5-7-20)18(22)21-8-10-23-11-9-21/h1-3,12,17H,4-11,14H2. The molecule has 0 N–H and O–H groups in total. The first-order valence-electron chi connectivity index (χ1n) is 8.34. The van der Waals surface area contributed by atoms with Crippen molar-refractivity contribution in [3.8, 4) is 6.07 Å². The maximum Gasteiger partial charge on any atom is 0.225 e. The van der Waals surface area contributed by atoms with E-state index < -0.39 is 0 Å². The first-order chi connectivity index (χ1) is 11.3. The molecule has 2 fully saturated rings. The number of benzene rings is 1. The molecule has 5 heteroatoms. The van der Waals surface area contributed by atoms with Gasteiger partial charge < -0.3 is 9.64 Å². The number of rotatable bonds is 3. The van der Waals surface area contributed by atoms with Crippen LogP contribution in [-0.2, 0) is 16.1 Å². The van der Waals surface area contributed by atoms with E-state index in [4.69, 9.17) is 10.00 Å². The molecular formula is C18H23N3O2. The second-order valence-electron chi connectivity index (χ2n) is 6.30. The Balaban J connectivity index is 1.50. The van der Waals surface area contributed by atoms with Gasteiger partial charge in [-0.1, -0.05) is 12.1 Å². The number of hydrogen-bond acceptors (Lipinski definition) is 4. The molecule has 0 unspecified atom stereocenters. The number of hydrogen-bond donors (Lipinski definition) is 0. The highest BCUT2D eigenvalue weighted by atomic mass is 16.5. The molecule has 2 heterocycles. The number of amides is 1. The molecule has 1 amide bonds. The highest BCUT2D eigenvalue weighted by Gasteiger charge is 2.29. The third kappa shape index (κ3) is 4.10. The van der Waals surface area contributed by atoms with Gasteiger partial charge in [-0.25, -0.2) is 0 Å². The Morgan fingerprint density at radius 1 is 1.22 bits per heavy atom. The molecule has 3 rings (SSSR count). The van der Waals surface area contributed by atoms with Crippen LogP contribution in [0.15, 0.2) is 24.3 Å². The van der Waals surface area contributed by atoms with Gasteiger partial charge in [0, 0.05) is 25.6 Å². The molecular weight excluding hydrogens is 290 g/mol. The number of nitrogens with zero attached hydrogens (tertiary/aromatic N) is 3. The third-order valence-electron chi connectivity index (χ3n) is 4.72. The zero-order chi connectivity index (χ0) is 16.1. The zero-order valence-electron chi connectivity index (χ0n) is 13.4. The van der Waals surface area contributed by atoms with Crippen molar-refractivity contribution in [1.82, 2.24) is 9.80 Å². The number of ether oxygens (including phenoxy) is 1. The Kier molecular flexibility index (Phi) is 5.27. The van der Waals surface area contributed by atoms with Gasteiger partial charge in [0.15, 0.2) is 0 Å². The lowest BCUT2D eigenvalue weighted by Crippen LogP contribution is -2.46. The molecule has 2 aliphatic heterocycles. The van der Waals surface area contributed by atoms with Gasteiger partial charge in [0.05, 0.1) is 24.8 Å². The number of likely N-dealkylation sites (tertiary alicyclic amines) is 1. The van der Waals surface area contributed by atoms with E-state index in [2.05, 4.69) is 17.0 Å². The maximum absolute atomic E-state index is 12.5. The van der Waals surface area contributed by atoms with Crippen LogP contribution in [0.5, 0.6) is 0 Å². The fourth-order valence-corrected chi connectivity index (χ4v) is 3.38. The van der Waals surface area contributed by atoms with E-state index in [-0.39, 0.29) is 5.92 Å². The quantitative estimate of drug-likeness (QED) is 0.851. The van der Waals surface area contributed by atoms with Crippen LogP contribution in [0.4, 0.5) is 0 Å². The second-order valence-corrected chi connectivity index (χ2v) is 6.30. The number of carbonyl (C=O) groups excluding carboxylic acids is 1. The van der Waals surface area contributed by atoms with Crippen LogP contribution in [0.1, 0.15) is 24.0 Å². The lowest BCUT2D eigenvalue weighted by atomic mass is 9.94. The summed E-state index contributed by atoms with van der Waals surface area (Å²) in [4.78, 5) is 16.9. The largest absolute Gasteiger partial charge is 0.378 e. The van der Waals surface area contributed by atoms with E-state index in [0.29, 0.717) is 24.7 Å². The van der Waals surface area contributed by atoms with E-state index in [1.807, 2.05) is 23.1 Å². The van der Waals surface area contributed by atoms with E-state index in [9.17, 15) is 4.79 Å². The summed E-state index contributed by atoms with van der Waals surface area (Å²) in [5.74, 6) is 0.467. The monoisotopic (exact) mass is 313 g/mol. The maximum atomic E-state index is 12.5. The topological polar surface area (TPSA) is 56.6 Å². The Morgan fingerprint density at radius 3 is 2.65 bits per heavy atom. The van der Waals surface area contributed by atoms with Gasteiger partial charge in [0.25, 0.3) is 0 Å². The fraction of sp³-hybridized carbons (Fsp3) is 0.556. The van der Waals surface area contributed by atoms with Crippen molar-refractivity contribution < 1.29 is 9.53 Å². The molecule has 0 spiro atoms. The molecule has 5 nitrogen and oxygen atoms in total. The lowest BCUT2D eigenvalue weighted by molar-refractivity contribution is -0.141. The molecule has 0 atom stereocenters. The molecule has 122 valence electrons. The smallest absolute Gasteiger partial charge is 0.225 e. The van der Waals surface area contributed by atoms with Gasteiger partial charge in [-0.05, 0) is 43.6 Å². The Morgan fingerprint density at radius 2 is 1.96 bits per heavy atom. The molecule has 1 aromatic carbocycles. The predicted octanol–water partition coefficient (Wildman–Crippen LogP) is 1.63. The van der Waals surface area contributed by atoms with Crippen molar-refractivity contribution in [2.45, 2.75) is 19.4 Å². The molecule has 0 aliphatic carbocycles. The van der Waals surface area contributed by atoms with Crippen LogP contribution in [0.3, 0.4) is 0 Å². The summed E-state index contributed by atoms with van der Waals surface area (Å²) in [5, 5.41) is 8.97. The van der Waals surface area contributed by atoms with Crippen LogP contribution in [0.2, 0.25) is 0 Å². The summed E-state index contributed by atoms with van der Waals surface area (Å²) < 4.78 is 5.31. The van der Waals surface area contributed by atoms with E-state index >= 15 is 0 Å². The minimum Gasteiger partial charge on any atom is -0.378 e. The average molecular weight is 313 g/mol. The van der Waals surface area contributed by atoms with Gasteiger partial charge in [-0.15, -0.1) is 0 Å². The molecule has 23 heavy (non-hydrogen) atoms. The molecule has 2 aliphatic rings. The molecule has 2 saturated heterocycles. The molecule has 0 bridgehead atoms. The van der Waals surface area contributed by atoms with Crippen LogP contribution < -0.4 is 0 Å². The van der Waals surface area contributed by atoms with Crippen molar-refractivity contribution in [2.75, 3.05) is 39.4 Å². The van der Waals surface area contributed by atoms with Crippen molar-refractivity contribution in [3.05, 3.63) is 35.4 Å². The molecule has 1 aromatic rings. The van der Waals surface area contributed by atoms with Crippen LogP contribution in [-0.4, -0.2) is 55.1 Å². The van der Waals surface area contributed by atoms with Crippen molar-refractivity contribution in [2.24, 2.45) is 5.92 Å². The highest BCUT2D eigenvalue weighted by Crippen LogP contribution is 2.22. The summed E-state index contributed by atoms with van der Waals surface area (Å²) >= 11 is 0. The summed E-state index contributed by atoms with van der Waals surface area (Å²) in [7, 11) is 0. The summed E-state index contributed by atoms with van der Waals surface area (Å²) in [6.45, 7) is 5.54. The van der Waals surface area contributed by atoms with Gasteiger partial charge in [-0.3, -0.25) is 9.69 Å². The van der Waals surface area contributed by atoms with Crippen LogP contribution in [0, 0.1) is 17.2 Å². The summed E-state index contributed by atoms with van der Waals surface area (Å²) in [6, 6.07) is 9.96. The first kappa shape index (κ1) is 16.0. The van der Waals surface area contributed by atoms with Crippen LogP contribution in [0.25, 0.3) is 0 Å². The van der Waals surface area contributed by atoms with Gasteiger partial charge >= 0.3 is 0 Å². The number of carbonyl (C=O) groups is 1. The molecule has 0 aromatic heterocycles. The predicted molar refractivity (Wildman–Crippen MR) is 86.6 cm³/mol. The summed E-state index contributed by atoms with van der Waals surface area (Å²) in [6.07, 6.45) is 1.85. The number of morpholine rings is 1. The Bertz CT molecular complexity index is 582. The number of piperidine rings is 1. The zero-order valence-corrected chi connectivity index (χ0v) is 13.4. The van der Waals surface area contributed by atoms with Crippen molar-refractivity contribution >= 4 is 5.91 Å². The SMILES string of the molecule is N#Cc1cccc(CN2CCC(C(=O)N3CCOCC3)CC2)c1.